The van der Waals surface area contributed by atoms with Crippen LogP contribution >= 0.6 is 15.9 Å². The van der Waals surface area contributed by atoms with Crippen LogP contribution in [0.4, 0.5) is 5.69 Å². The van der Waals surface area contributed by atoms with Gasteiger partial charge in [0.15, 0.2) is 0 Å². The molecule has 1 unspecified atom stereocenters. The Labute approximate surface area is 256 Å². The maximum atomic E-state index is 12.0. The van der Waals surface area contributed by atoms with Crippen LogP contribution in [0.15, 0.2) is 58.4 Å². The zero-order chi connectivity index (χ0) is 29.9. The van der Waals surface area contributed by atoms with Gasteiger partial charge in [-0.15, -0.1) is 0 Å². The van der Waals surface area contributed by atoms with Gasteiger partial charge in [-0.25, -0.2) is 0 Å². The number of phenolic OH excluding ortho intramolecular Hbond substituents is 1. The molecule has 0 aromatic heterocycles. The molecule has 220 valence electrons. The van der Waals surface area contributed by atoms with Crippen molar-refractivity contribution in [3.8, 4) is 5.75 Å². The van der Waals surface area contributed by atoms with Gasteiger partial charge >= 0.3 is 0 Å². The first-order valence-electron chi connectivity index (χ1n) is 15.4. The summed E-state index contributed by atoms with van der Waals surface area (Å²) in [5, 5.41) is 15.9. The lowest BCUT2D eigenvalue weighted by atomic mass is 9.78. The monoisotopic (exact) mass is 616 g/mol. The van der Waals surface area contributed by atoms with Crippen LogP contribution in [0.2, 0.25) is 0 Å². The van der Waals surface area contributed by atoms with Crippen LogP contribution in [0.5, 0.6) is 5.75 Å². The summed E-state index contributed by atoms with van der Waals surface area (Å²) >= 11 is 3.88. The van der Waals surface area contributed by atoms with E-state index in [9.17, 15) is 5.11 Å². The largest absolute Gasteiger partial charge is 0.507 e. The number of nitrogens with zero attached hydrogens (tertiary/aromatic N) is 1. The summed E-state index contributed by atoms with van der Waals surface area (Å²) in [5.74, 6) is 0.401. The van der Waals surface area contributed by atoms with E-state index in [4.69, 9.17) is 0 Å². The van der Waals surface area contributed by atoms with Gasteiger partial charge in [0.25, 0.3) is 0 Å². The van der Waals surface area contributed by atoms with Gasteiger partial charge in [0, 0.05) is 21.3 Å². The Morgan fingerprint density at radius 2 is 1.51 bits per heavy atom. The van der Waals surface area contributed by atoms with Crippen molar-refractivity contribution in [3.05, 3.63) is 86.2 Å². The summed E-state index contributed by atoms with van der Waals surface area (Å²) in [7, 11) is 0. The summed E-state index contributed by atoms with van der Waals surface area (Å²) in [6.07, 6.45) is 11.2. The average Bonchev–Trinajstić information content (AvgIpc) is 3.27. The molecule has 1 heterocycles. The Bertz CT molecular complexity index is 1440. The molecule has 0 spiro atoms. The molecule has 1 atom stereocenters. The molecule has 0 saturated carbocycles. The van der Waals surface area contributed by atoms with E-state index < -0.39 is 0 Å². The molecular formula is C37H49BrN2O. The number of rotatable bonds is 3. The van der Waals surface area contributed by atoms with E-state index in [0.717, 1.165) is 47.0 Å². The third-order valence-corrected chi connectivity index (χ3v) is 9.65. The normalized spacial score (nSPS) is 20.0. The Balaban J connectivity index is 1.78. The van der Waals surface area contributed by atoms with E-state index in [-0.39, 0.29) is 22.4 Å². The number of allylic oxidation sites excluding steroid dienone is 5. The fourth-order valence-corrected chi connectivity index (χ4v) is 6.95. The van der Waals surface area contributed by atoms with Crippen molar-refractivity contribution in [2.75, 3.05) is 4.90 Å². The predicted octanol–water partition coefficient (Wildman–Crippen LogP) is 10.6. The minimum atomic E-state index is -0.217. The van der Waals surface area contributed by atoms with Gasteiger partial charge in [-0.3, -0.25) is 0 Å². The first kappa shape index (κ1) is 30.0. The van der Waals surface area contributed by atoms with Crippen molar-refractivity contribution >= 4 is 27.2 Å². The van der Waals surface area contributed by atoms with Crippen LogP contribution in [-0.4, -0.2) is 5.11 Å². The Kier molecular flexibility index (Phi) is 7.81. The summed E-state index contributed by atoms with van der Waals surface area (Å²) in [6, 6.07) is 11.6. The molecule has 5 rings (SSSR count). The topological polar surface area (TPSA) is 35.5 Å². The summed E-state index contributed by atoms with van der Waals surface area (Å²) in [6.45, 7) is 20.3. The van der Waals surface area contributed by atoms with Crippen LogP contribution in [0.25, 0.3) is 5.57 Å². The van der Waals surface area contributed by atoms with E-state index in [2.05, 4.69) is 131 Å². The van der Waals surface area contributed by atoms with Crippen molar-refractivity contribution in [1.82, 2.24) is 5.32 Å². The zero-order valence-corrected chi connectivity index (χ0v) is 28.2. The number of halogens is 1. The summed E-state index contributed by atoms with van der Waals surface area (Å²) in [4.78, 5) is 2.51. The van der Waals surface area contributed by atoms with Gasteiger partial charge in [0.2, 0.25) is 0 Å². The second-order valence-electron chi connectivity index (χ2n) is 15.2. The lowest BCUT2D eigenvalue weighted by Gasteiger charge is -2.35. The predicted molar refractivity (Wildman–Crippen MR) is 179 cm³/mol. The number of phenols is 1. The minimum Gasteiger partial charge on any atom is -0.507 e. The molecule has 1 aliphatic heterocycles. The third kappa shape index (κ3) is 5.78. The molecular weight excluding hydrogens is 568 g/mol. The molecule has 3 nitrogen and oxygen atoms in total. The average molecular weight is 618 g/mol. The number of hydrogen-bond acceptors (Lipinski definition) is 3. The van der Waals surface area contributed by atoms with E-state index in [1.807, 2.05) is 0 Å². The lowest BCUT2D eigenvalue weighted by molar-refractivity contribution is 0.429. The van der Waals surface area contributed by atoms with Gasteiger partial charge < -0.3 is 15.3 Å². The first-order valence-corrected chi connectivity index (χ1v) is 16.2. The molecule has 0 amide bonds. The Morgan fingerprint density at radius 3 is 2.12 bits per heavy atom. The highest BCUT2D eigenvalue weighted by Gasteiger charge is 2.40. The number of anilines is 1. The van der Waals surface area contributed by atoms with Crippen molar-refractivity contribution in [1.29, 1.82) is 0 Å². The van der Waals surface area contributed by atoms with Crippen LogP contribution < -0.4 is 10.2 Å². The molecule has 2 aromatic rings. The zero-order valence-electron chi connectivity index (χ0n) is 26.6. The number of nitrogens with one attached hydrogen (secondary N) is 1. The van der Waals surface area contributed by atoms with Gasteiger partial charge in [0.1, 0.15) is 11.9 Å². The second-order valence-corrected chi connectivity index (χ2v) is 16.1. The number of aromatic hydroxyl groups is 1. The third-order valence-electron chi connectivity index (χ3n) is 8.93. The van der Waals surface area contributed by atoms with Gasteiger partial charge in [-0.1, -0.05) is 86.6 Å². The summed E-state index contributed by atoms with van der Waals surface area (Å²) in [5.41, 5.74) is 10.8. The molecule has 2 N–H and O–H groups in total. The second kappa shape index (κ2) is 10.7. The smallest absolute Gasteiger partial charge is 0.133 e. The maximum Gasteiger partial charge on any atom is 0.133 e. The Hall–Kier alpha value is -2.46. The maximum absolute atomic E-state index is 12.0. The fraction of sp³-hybridized carbons (Fsp3) is 0.514. The molecule has 3 aliphatic rings. The van der Waals surface area contributed by atoms with E-state index in [1.54, 1.807) is 0 Å². The summed E-state index contributed by atoms with van der Waals surface area (Å²) < 4.78 is 1.11. The van der Waals surface area contributed by atoms with E-state index in [1.165, 1.54) is 46.5 Å². The number of benzene rings is 2. The fourth-order valence-electron chi connectivity index (χ4n) is 6.37. The van der Waals surface area contributed by atoms with Crippen LogP contribution in [0, 0.1) is 0 Å². The minimum absolute atomic E-state index is 0.0498. The van der Waals surface area contributed by atoms with Crippen molar-refractivity contribution in [2.24, 2.45) is 0 Å². The molecule has 0 fully saturated rings. The quantitative estimate of drug-likeness (QED) is 0.360. The highest BCUT2D eigenvalue weighted by Crippen LogP contribution is 2.50. The molecule has 0 saturated heterocycles. The standard InChI is InChI=1S/C37H49BrN2O/c1-35(2,3)24-18-19-30(26(20-24)23-14-11-10-12-15-23)40-31-17-13-16-29(38)32(31)39-34(40)27-21-25(36(4,5)6)22-28(33(27)41)37(7,8)9/h14,16,18-22,34,39,41H,10-13,15,17H2,1-9H3. The lowest BCUT2D eigenvalue weighted by Crippen LogP contribution is -2.31. The van der Waals surface area contributed by atoms with Crippen LogP contribution in [0.3, 0.4) is 0 Å². The van der Waals surface area contributed by atoms with Crippen molar-refractivity contribution < 1.29 is 5.11 Å². The van der Waals surface area contributed by atoms with Crippen LogP contribution in [-0.2, 0) is 16.2 Å². The highest BCUT2D eigenvalue weighted by atomic mass is 79.9. The Morgan fingerprint density at radius 1 is 0.805 bits per heavy atom. The first-order chi connectivity index (χ1) is 19.1. The van der Waals surface area contributed by atoms with E-state index in [0.29, 0.717) is 5.75 Å². The van der Waals surface area contributed by atoms with Gasteiger partial charge in [-0.2, -0.15) is 0 Å². The molecule has 2 aliphatic carbocycles. The van der Waals surface area contributed by atoms with E-state index >= 15 is 0 Å². The van der Waals surface area contributed by atoms with Gasteiger partial charge in [0.05, 0.1) is 11.4 Å². The van der Waals surface area contributed by atoms with Gasteiger partial charge in [-0.05, 0) is 111 Å². The molecule has 4 heteroatoms. The van der Waals surface area contributed by atoms with Crippen LogP contribution in [0.1, 0.15) is 135 Å². The highest BCUT2D eigenvalue weighted by molar-refractivity contribution is 9.12. The molecule has 0 radical (unpaired) electrons. The number of hydrogen-bond donors (Lipinski definition) is 2. The molecule has 0 bridgehead atoms. The molecule has 2 aromatic carbocycles. The van der Waals surface area contributed by atoms with Crippen molar-refractivity contribution in [2.45, 2.75) is 123 Å². The molecule has 41 heavy (non-hydrogen) atoms. The van der Waals surface area contributed by atoms with Crippen molar-refractivity contribution in [3.63, 3.8) is 0 Å². The SMILES string of the molecule is CC(C)(C)c1ccc(N2C3=C(NC2c2cc(C(C)(C)C)cc(C(C)(C)C)c2O)C(Br)=CCC3)c(C2=CCCCC2)c1.